The van der Waals surface area contributed by atoms with Crippen LogP contribution in [0.3, 0.4) is 0 Å². The summed E-state index contributed by atoms with van der Waals surface area (Å²) >= 11 is 0. The SMILES string of the molecule is CCOC(=O)c1c(C)c(=O)oc2cc(OP(=O)(OCC)OCC)ccc12. The molecule has 9 heteroatoms. The highest BCUT2D eigenvalue weighted by Gasteiger charge is 2.28. The Kier molecular flexibility index (Phi) is 6.58. The first kappa shape index (κ1) is 20.2. The second-order valence-corrected chi connectivity index (χ2v) is 6.74. The molecule has 1 heterocycles. The highest BCUT2D eigenvalue weighted by molar-refractivity contribution is 7.48. The van der Waals surface area contributed by atoms with Gasteiger partial charge in [-0.15, -0.1) is 0 Å². The summed E-state index contributed by atoms with van der Waals surface area (Å²) in [5.74, 6) is -0.504. The maximum absolute atomic E-state index is 12.5. The van der Waals surface area contributed by atoms with Crippen LogP contribution in [0.1, 0.15) is 36.7 Å². The van der Waals surface area contributed by atoms with Crippen LogP contribution in [0, 0.1) is 6.92 Å². The Morgan fingerprint density at radius 2 is 1.77 bits per heavy atom. The summed E-state index contributed by atoms with van der Waals surface area (Å²) in [7, 11) is -3.79. The average molecular weight is 384 g/mol. The molecule has 0 atom stereocenters. The van der Waals surface area contributed by atoms with Gasteiger partial charge >= 0.3 is 19.4 Å². The summed E-state index contributed by atoms with van der Waals surface area (Å²) in [5.41, 5.74) is -0.294. The summed E-state index contributed by atoms with van der Waals surface area (Å²) < 4.78 is 38.2. The molecule has 8 nitrogen and oxygen atoms in total. The van der Waals surface area contributed by atoms with E-state index < -0.39 is 19.4 Å². The summed E-state index contributed by atoms with van der Waals surface area (Å²) in [6.45, 7) is 6.91. The summed E-state index contributed by atoms with van der Waals surface area (Å²) in [4.78, 5) is 24.2. The normalized spacial score (nSPS) is 11.5. The van der Waals surface area contributed by atoms with Crippen molar-refractivity contribution in [3.8, 4) is 5.75 Å². The van der Waals surface area contributed by atoms with E-state index in [0.29, 0.717) is 5.39 Å². The minimum Gasteiger partial charge on any atom is -0.462 e. The standard InChI is InChI=1S/C17H21O8P/c1-5-21-17(19)15-11(4)16(18)24-14-10-12(8-9-13(14)15)25-26(20,22-6-2)23-7-3/h8-10H,5-7H2,1-4H3. The van der Waals surface area contributed by atoms with Crippen LogP contribution in [0.5, 0.6) is 5.75 Å². The Labute approximate surface area is 150 Å². The molecule has 0 unspecified atom stereocenters. The van der Waals surface area contributed by atoms with Gasteiger partial charge in [-0.2, -0.15) is 0 Å². The minimum absolute atomic E-state index is 0.0979. The number of fused-ring (bicyclic) bond motifs is 1. The fourth-order valence-corrected chi connectivity index (χ4v) is 3.52. The van der Waals surface area contributed by atoms with E-state index in [0.717, 1.165) is 0 Å². The largest absolute Gasteiger partial charge is 0.530 e. The zero-order chi connectivity index (χ0) is 19.3. The van der Waals surface area contributed by atoms with E-state index in [2.05, 4.69) is 0 Å². The zero-order valence-electron chi connectivity index (χ0n) is 15.1. The van der Waals surface area contributed by atoms with Gasteiger partial charge in [0, 0.05) is 17.0 Å². The van der Waals surface area contributed by atoms with Crippen LogP contribution in [0.25, 0.3) is 11.0 Å². The van der Waals surface area contributed by atoms with E-state index >= 15 is 0 Å². The van der Waals surface area contributed by atoms with Crippen LogP contribution in [0.15, 0.2) is 27.4 Å². The smallest absolute Gasteiger partial charge is 0.462 e. The molecule has 0 saturated heterocycles. The number of ether oxygens (including phenoxy) is 1. The van der Waals surface area contributed by atoms with E-state index in [1.54, 1.807) is 20.8 Å². The van der Waals surface area contributed by atoms with Crippen LogP contribution < -0.4 is 10.1 Å². The van der Waals surface area contributed by atoms with E-state index in [1.165, 1.54) is 25.1 Å². The van der Waals surface area contributed by atoms with Crippen molar-refractivity contribution in [1.29, 1.82) is 0 Å². The second kappa shape index (κ2) is 8.49. The predicted octanol–water partition coefficient (Wildman–Crippen LogP) is 3.84. The fraction of sp³-hybridized carbons (Fsp3) is 0.412. The third-order valence-corrected chi connectivity index (χ3v) is 4.96. The topological polar surface area (TPSA) is 101 Å². The second-order valence-electron chi connectivity index (χ2n) is 5.14. The number of carbonyl (C=O) groups is 1. The van der Waals surface area contributed by atoms with Crippen LogP contribution in [-0.4, -0.2) is 25.8 Å². The molecule has 0 bridgehead atoms. The average Bonchev–Trinajstić information content (AvgIpc) is 2.56. The van der Waals surface area contributed by atoms with Crippen molar-refractivity contribution in [3.63, 3.8) is 0 Å². The molecule has 0 fully saturated rings. The number of benzene rings is 1. The van der Waals surface area contributed by atoms with Gasteiger partial charge in [-0.3, -0.25) is 9.05 Å². The number of esters is 1. The van der Waals surface area contributed by atoms with Crippen LogP contribution in [0.4, 0.5) is 0 Å². The summed E-state index contributed by atoms with van der Waals surface area (Å²) in [6, 6.07) is 4.36. The lowest BCUT2D eigenvalue weighted by atomic mass is 10.1. The number of hydrogen-bond donors (Lipinski definition) is 0. The molecule has 142 valence electrons. The quantitative estimate of drug-likeness (QED) is 0.384. The Morgan fingerprint density at radius 3 is 2.35 bits per heavy atom. The van der Waals surface area contributed by atoms with Crippen molar-refractivity contribution in [3.05, 3.63) is 39.7 Å². The Balaban J connectivity index is 2.52. The third-order valence-electron chi connectivity index (χ3n) is 3.38. The fourth-order valence-electron chi connectivity index (χ4n) is 2.33. The Hall–Kier alpha value is -2.15. The van der Waals surface area contributed by atoms with Crippen molar-refractivity contribution in [2.75, 3.05) is 19.8 Å². The van der Waals surface area contributed by atoms with Crippen LogP contribution >= 0.6 is 7.82 Å². The minimum atomic E-state index is -3.79. The van der Waals surface area contributed by atoms with Crippen molar-refractivity contribution < 1.29 is 32.1 Å². The molecule has 2 rings (SSSR count). The molecule has 0 aliphatic heterocycles. The lowest BCUT2D eigenvalue weighted by molar-refractivity contribution is 0.0527. The lowest BCUT2D eigenvalue weighted by Gasteiger charge is -2.17. The zero-order valence-corrected chi connectivity index (χ0v) is 16.0. The van der Waals surface area contributed by atoms with Crippen LogP contribution in [-0.2, 0) is 18.3 Å². The lowest BCUT2D eigenvalue weighted by Crippen LogP contribution is -2.14. The van der Waals surface area contributed by atoms with Gasteiger partial charge in [-0.25, -0.2) is 14.2 Å². The number of phosphoric acid groups is 1. The van der Waals surface area contributed by atoms with Gasteiger partial charge in [0.05, 0.1) is 25.4 Å². The number of carbonyl (C=O) groups excluding carboxylic acids is 1. The Morgan fingerprint density at radius 1 is 1.12 bits per heavy atom. The highest BCUT2D eigenvalue weighted by Crippen LogP contribution is 2.49. The van der Waals surface area contributed by atoms with Gasteiger partial charge in [0.15, 0.2) is 0 Å². The van der Waals surface area contributed by atoms with Gasteiger partial charge < -0.3 is 13.7 Å². The molecule has 1 aromatic carbocycles. The monoisotopic (exact) mass is 384 g/mol. The first-order chi connectivity index (χ1) is 12.3. The summed E-state index contributed by atoms with van der Waals surface area (Å²) in [5, 5.41) is 0.385. The maximum atomic E-state index is 12.5. The molecule has 0 aliphatic carbocycles. The number of rotatable bonds is 8. The van der Waals surface area contributed by atoms with E-state index in [-0.39, 0.29) is 42.3 Å². The molecule has 26 heavy (non-hydrogen) atoms. The van der Waals surface area contributed by atoms with Gasteiger partial charge in [-0.05, 0) is 39.8 Å². The van der Waals surface area contributed by atoms with Crippen molar-refractivity contribution in [2.24, 2.45) is 0 Å². The third kappa shape index (κ3) is 4.33. The summed E-state index contributed by atoms with van der Waals surface area (Å²) in [6.07, 6.45) is 0. The van der Waals surface area contributed by atoms with Gasteiger partial charge in [0.1, 0.15) is 11.3 Å². The first-order valence-electron chi connectivity index (χ1n) is 8.18. The van der Waals surface area contributed by atoms with Crippen molar-refractivity contribution in [1.82, 2.24) is 0 Å². The number of hydrogen-bond acceptors (Lipinski definition) is 8. The molecule has 0 radical (unpaired) electrons. The molecule has 0 spiro atoms. The van der Waals surface area contributed by atoms with Gasteiger partial charge in [-0.1, -0.05) is 0 Å². The van der Waals surface area contributed by atoms with Gasteiger partial charge in [0.2, 0.25) is 0 Å². The van der Waals surface area contributed by atoms with E-state index in [4.69, 9.17) is 22.7 Å². The molecule has 1 aromatic heterocycles. The number of phosphoric ester groups is 1. The van der Waals surface area contributed by atoms with Crippen LogP contribution in [0.2, 0.25) is 0 Å². The molecular formula is C17H21O8P. The molecular weight excluding hydrogens is 363 g/mol. The van der Waals surface area contributed by atoms with Crippen molar-refractivity contribution in [2.45, 2.75) is 27.7 Å². The molecule has 2 aromatic rings. The first-order valence-corrected chi connectivity index (χ1v) is 9.64. The molecule has 0 amide bonds. The Bertz CT molecular complexity index is 892. The van der Waals surface area contributed by atoms with E-state index in [1.807, 2.05) is 0 Å². The predicted molar refractivity (Wildman–Crippen MR) is 94.7 cm³/mol. The molecule has 0 saturated carbocycles. The maximum Gasteiger partial charge on any atom is 0.530 e. The molecule has 0 N–H and O–H groups in total. The van der Waals surface area contributed by atoms with Crippen molar-refractivity contribution >= 4 is 24.8 Å². The highest BCUT2D eigenvalue weighted by atomic mass is 31.2. The van der Waals surface area contributed by atoms with E-state index in [9.17, 15) is 14.2 Å². The molecule has 0 aliphatic rings. The van der Waals surface area contributed by atoms with Gasteiger partial charge in [0.25, 0.3) is 0 Å².